The molecule has 0 amide bonds. The van der Waals surface area contributed by atoms with Crippen molar-refractivity contribution in [1.82, 2.24) is 0 Å². The summed E-state index contributed by atoms with van der Waals surface area (Å²) in [4.78, 5) is 11.3. The number of methoxy groups -OCH3 is 1. The normalized spacial score (nSPS) is 10.4. The van der Waals surface area contributed by atoms with Crippen LogP contribution in [0.4, 0.5) is 0 Å². The van der Waals surface area contributed by atoms with Gasteiger partial charge in [0.05, 0.1) is 13.7 Å². The van der Waals surface area contributed by atoms with Gasteiger partial charge in [0.25, 0.3) is 0 Å². The molecular formula is C21H26O3. The maximum absolute atomic E-state index is 11.3. The second-order valence-electron chi connectivity index (χ2n) is 5.82. The van der Waals surface area contributed by atoms with E-state index in [1.807, 2.05) is 24.3 Å². The van der Waals surface area contributed by atoms with Gasteiger partial charge in [0.1, 0.15) is 5.75 Å². The molecule has 0 aliphatic heterocycles. The van der Waals surface area contributed by atoms with Crippen LogP contribution in [0.5, 0.6) is 5.75 Å². The summed E-state index contributed by atoms with van der Waals surface area (Å²) < 4.78 is 10.7. The zero-order valence-corrected chi connectivity index (χ0v) is 14.6. The van der Waals surface area contributed by atoms with Gasteiger partial charge in [-0.1, -0.05) is 49.7 Å². The van der Waals surface area contributed by atoms with Gasteiger partial charge in [0.15, 0.2) is 0 Å². The second-order valence-corrected chi connectivity index (χ2v) is 5.82. The van der Waals surface area contributed by atoms with Crippen LogP contribution >= 0.6 is 0 Å². The molecule has 3 nitrogen and oxygen atoms in total. The first-order valence-electron chi connectivity index (χ1n) is 8.62. The SMILES string of the molecule is CCCCOc1ccc(-c2ccccc2)cc1CCCC(=O)OC. The van der Waals surface area contributed by atoms with E-state index in [1.165, 1.54) is 18.2 Å². The maximum Gasteiger partial charge on any atom is 0.305 e. The van der Waals surface area contributed by atoms with Crippen LogP contribution in [0.2, 0.25) is 0 Å². The number of carbonyl (C=O) groups is 1. The van der Waals surface area contributed by atoms with Gasteiger partial charge in [-0.15, -0.1) is 0 Å². The number of ether oxygens (including phenoxy) is 2. The molecule has 0 radical (unpaired) electrons. The molecule has 0 heterocycles. The van der Waals surface area contributed by atoms with Crippen molar-refractivity contribution < 1.29 is 14.3 Å². The van der Waals surface area contributed by atoms with Crippen LogP contribution in [0.1, 0.15) is 38.2 Å². The summed E-state index contributed by atoms with van der Waals surface area (Å²) in [6, 6.07) is 16.6. The number of esters is 1. The summed E-state index contributed by atoms with van der Waals surface area (Å²) in [6.45, 7) is 2.88. The third-order valence-corrected chi connectivity index (χ3v) is 3.98. The Morgan fingerprint density at radius 3 is 2.50 bits per heavy atom. The van der Waals surface area contributed by atoms with Gasteiger partial charge < -0.3 is 9.47 Å². The smallest absolute Gasteiger partial charge is 0.305 e. The Balaban J connectivity index is 2.15. The maximum atomic E-state index is 11.3. The van der Waals surface area contributed by atoms with E-state index in [1.54, 1.807) is 0 Å². The third-order valence-electron chi connectivity index (χ3n) is 3.98. The molecule has 0 spiro atoms. The van der Waals surface area contributed by atoms with Gasteiger partial charge in [0, 0.05) is 6.42 Å². The third kappa shape index (κ3) is 5.41. The number of hydrogen-bond donors (Lipinski definition) is 0. The van der Waals surface area contributed by atoms with Crippen molar-refractivity contribution in [2.24, 2.45) is 0 Å². The minimum atomic E-state index is -0.164. The van der Waals surface area contributed by atoms with Crippen molar-refractivity contribution in [3.63, 3.8) is 0 Å². The van der Waals surface area contributed by atoms with Gasteiger partial charge in [-0.05, 0) is 48.1 Å². The predicted molar refractivity (Wildman–Crippen MR) is 97.2 cm³/mol. The van der Waals surface area contributed by atoms with Crippen LogP contribution in [0, 0.1) is 0 Å². The molecule has 0 N–H and O–H groups in total. The fourth-order valence-corrected chi connectivity index (χ4v) is 2.58. The summed E-state index contributed by atoms with van der Waals surface area (Å²) in [5.41, 5.74) is 3.51. The molecule has 2 aromatic carbocycles. The first-order valence-corrected chi connectivity index (χ1v) is 8.62. The minimum Gasteiger partial charge on any atom is -0.493 e. The van der Waals surface area contributed by atoms with Gasteiger partial charge >= 0.3 is 5.97 Å². The Morgan fingerprint density at radius 2 is 1.79 bits per heavy atom. The number of carbonyl (C=O) groups excluding carboxylic acids is 1. The topological polar surface area (TPSA) is 35.5 Å². The molecule has 0 bridgehead atoms. The van der Waals surface area contributed by atoms with Crippen molar-refractivity contribution in [3.8, 4) is 16.9 Å². The highest BCUT2D eigenvalue weighted by Crippen LogP contribution is 2.28. The fourth-order valence-electron chi connectivity index (χ4n) is 2.58. The van der Waals surface area contributed by atoms with E-state index < -0.39 is 0 Å². The molecule has 0 unspecified atom stereocenters. The van der Waals surface area contributed by atoms with Crippen molar-refractivity contribution in [2.75, 3.05) is 13.7 Å². The lowest BCUT2D eigenvalue weighted by Gasteiger charge is -2.13. The molecule has 0 aliphatic rings. The molecule has 0 fully saturated rings. The zero-order valence-electron chi connectivity index (χ0n) is 14.6. The van der Waals surface area contributed by atoms with E-state index in [9.17, 15) is 4.79 Å². The van der Waals surface area contributed by atoms with Crippen LogP contribution < -0.4 is 4.74 Å². The molecule has 0 saturated heterocycles. The number of rotatable bonds is 9. The predicted octanol–water partition coefficient (Wildman–Crippen LogP) is 5.03. The van der Waals surface area contributed by atoms with Crippen molar-refractivity contribution in [2.45, 2.75) is 39.0 Å². The molecule has 0 aromatic heterocycles. The average Bonchev–Trinajstić information content (AvgIpc) is 2.63. The van der Waals surface area contributed by atoms with Crippen molar-refractivity contribution in [1.29, 1.82) is 0 Å². The molecule has 2 rings (SSSR count). The molecule has 128 valence electrons. The molecule has 0 aliphatic carbocycles. The molecule has 24 heavy (non-hydrogen) atoms. The number of aryl methyl sites for hydroxylation is 1. The molecule has 2 aromatic rings. The highest BCUT2D eigenvalue weighted by molar-refractivity contribution is 5.69. The number of hydrogen-bond acceptors (Lipinski definition) is 3. The first-order chi connectivity index (χ1) is 11.7. The highest BCUT2D eigenvalue weighted by Gasteiger charge is 2.08. The Kier molecular flexibility index (Phi) is 7.34. The van der Waals surface area contributed by atoms with E-state index in [0.29, 0.717) is 6.42 Å². The Bertz CT molecular complexity index is 635. The standard InChI is InChI=1S/C21H26O3/c1-3-4-15-24-20-14-13-18(17-9-6-5-7-10-17)16-19(20)11-8-12-21(22)23-2/h5-7,9-10,13-14,16H,3-4,8,11-12,15H2,1-2H3. The Labute approximate surface area is 144 Å². The summed E-state index contributed by atoms with van der Waals surface area (Å²) in [6.07, 6.45) is 4.15. The summed E-state index contributed by atoms with van der Waals surface area (Å²) >= 11 is 0. The second kappa shape index (κ2) is 9.76. The number of unbranched alkanes of at least 4 members (excludes halogenated alkanes) is 1. The largest absolute Gasteiger partial charge is 0.493 e. The van der Waals surface area contributed by atoms with Crippen molar-refractivity contribution >= 4 is 5.97 Å². The zero-order chi connectivity index (χ0) is 17.2. The minimum absolute atomic E-state index is 0.164. The highest BCUT2D eigenvalue weighted by atomic mass is 16.5. The molecule has 0 atom stereocenters. The van der Waals surface area contributed by atoms with Crippen LogP contribution in [0.25, 0.3) is 11.1 Å². The van der Waals surface area contributed by atoms with E-state index in [0.717, 1.165) is 43.6 Å². The van der Waals surface area contributed by atoms with Gasteiger partial charge in [-0.3, -0.25) is 4.79 Å². The quantitative estimate of drug-likeness (QED) is 0.479. The van der Waals surface area contributed by atoms with Crippen LogP contribution in [0.3, 0.4) is 0 Å². The van der Waals surface area contributed by atoms with Crippen LogP contribution in [-0.2, 0) is 16.0 Å². The summed E-state index contributed by atoms with van der Waals surface area (Å²) in [5, 5.41) is 0. The Hall–Kier alpha value is -2.29. The lowest BCUT2D eigenvalue weighted by molar-refractivity contribution is -0.140. The average molecular weight is 326 g/mol. The molecular weight excluding hydrogens is 300 g/mol. The van der Waals surface area contributed by atoms with E-state index >= 15 is 0 Å². The number of benzene rings is 2. The van der Waals surface area contributed by atoms with Crippen molar-refractivity contribution in [3.05, 3.63) is 54.1 Å². The van der Waals surface area contributed by atoms with Gasteiger partial charge in [-0.25, -0.2) is 0 Å². The van der Waals surface area contributed by atoms with Crippen LogP contribution in [-0.4, -0.2) is 19.7 Å². The summed E-state index contributed by atoms with van der Waals surface area (Å²) in [7, 11) is 1.43. The van der Waals surface area contributed by atoms with E-state index in [2.05, 4.69) is 31.2 Å². The monoisotopic (exact) mass is 326 g/mol. The first kappa shape index (κ1) is 18.1. The fraction of sp³-hybridized carbons (Fsp3) is 0.381. The van der Waals surface area contributed by atoms with Gasteiger partial charge in [0.2, 0.25) is 0 Å². The lowest BCUT2D eigenvalue weighted by Crippen LogP contribution is -2.03. The summed E-state index contributed by atoms with van der Waals surface area (Å²) in [5.74, 6) is 0.760. The molecule has 3 heteroatoms. The van der Waals surface area contributed by atoms with Gasteiger partial charge in [-0.2, -0.15) is 0 Å². The van der Waals surface area contributed by atoms with E-state index in [-0.39, 0.29) is 5.97 Å². The molecule has 0 saturated carbocycles. The van der Waals surface area contributed by atoms with Crippen LogP contribution in [0.15, 0.2) is 48.5 Å². The van der Waals surface area contributed by atoms with E-state index in [4.69, 9.17) is 9.47 Å². The Morgan fingerprint density at radius 1 is 1.00 bits per heavy atom. The lowest BCUT2D eigenvalue weighted by atomic mass is 9.99.